The topological polar surface area (TPSA) is 40.5 Å². The zero-order chi connectivity index (χ0) is 20.6. The summed E-state index contributed by atoms with van der Waals surface area (Å²) in [6.07, 6.45) is 5.35. The second kappa shape index (κ2) is 7.68. The van der Waals surface area contributed by atoms with Crippen molar-refractivity contribution in [1.82, 2.24) is 0 Å². The van der Waals surface area contributed by atoms with Gasteiger partial charge in [-0.3, -0.25) is 0 Å². The highest BCUT2D eigenvalue weighted by Crippen LogP contribution is 2.56. The van der Waals surface area contributed by atoms with Gasteiger partial charge in [0.25, 0.3) is 0 Å². The monoisotopic (exact) mass is 398 g/mol. The van der Waals surface area contributed by atoms with Gasteiger partial charge in [0.2, 0.25) is 0 Å². The first-order valence-electron chi connectivity index (χ1n) is 11.2. The summed E-state index contributed by atoms with van der Waals surface area (Å²) >= 11 is 0. The van der Waals surface area contributed by atoms with E-state index in [0.717, 1.165) is 38.5 Å². The second-order valence-corrected chi connectivity index (χ2v) is 9.03. The van der Waals surface area contributed by atoms with Crippen LogP contribution >= 0.6 is 0 Å². The zero-order valence-corrected chi connectivity index (χ0v) is 17.5. The van der Waals surface area contributed by atoms with Gasteiger partial charge in [0.05, 0.1) is 0 Å². The van der Waals surface area contributed by atoms with Crippen LogP contribution in [0.25, 0.3) is 0 Å². The molecule has 5 rings (SSSR count). The lowest BCUT2D eigenvalue weighted by molar-refractivity contribution is 0.268. The highest BCUT2D eigenvalue weighted by Gasteiger charge is 2.50. The summed E-state index contributed by atoms with van der Waals surface area (Å²) in [6.45, 7) is 0.423. The number of fused-ring (bicyclic) bond motifs is 4. The Morgan fingerprint density at radius 3 is 1.30 bits per heavy atom. The SMILES string of the molecule is OCCCC12Cc3ccccc3C(CCCO)(Cc3ccccc31)c1ccccc12. The molecular weight excluding hydrogens is 368 g/mol. The van der Waals surface area contributed by atoms with Crippen LogP contribution in [0.5, 0.6) is 0 Å². The fourth-order valence-corrected chi connectivity index (χ4v) is 6.40. The molecule has 0 aromatic heterocycles. The van der Waals surface area contributed by atoms with Gasteiger partial charge in [-0.1, -0.05) is 72.8 Å². The van der Waals surface area contributed by atoms with E-state index < -0.39 is 0 Å². The van der Waals surface area contributed by atoms with Crippen molar-refractivity contribution in [3.05, 3.63) is 106 Å². The minimum atomic E-state index is -0.135. The van der Waals surface area contributed by atoms with E-state index in [1.807, 2.05) is 0 Å². The van der Waals surface area contributed by atoms with E-state index in [1.165, 1.54) is 33.4 Å². The molecule has 154 valence electrons. The molecule has 30 heavy (non-hydrogen) atoms. The zero-order valence-electron chi connectivity index (χ0n) is 17.5. The van der Waals surface area contributed by atoms with Crippen LogP contribution in [0.15, 0.2) is 72.8 Å². The molecule has 0 radical (unpaired) electrons. The first kappa shape index (κ1) is 19.5. The molecule has 3 aromatic carbocycles. The largest absolute Gasteiger partial charge is 0.396 e. The normalized spacial score (nSPS) is 23.8. The predicted molar refractivity (Wildman–Crippen MR) is 121 cm³/mol. The maximum Gasteiger partial charge on any atom is 0.0431 e. The summed E-state index contributed by atoms with van der Waals surface area (Å²) in [7, 11) is 0. The van der Waals surface area contributed by atoms with E-state index in [4.69, 9.17) is 0 Å². The standard InChI is InChI=1S/C28H30O2/c29-17-7-15-27-19-21-9-1-3-11-23(21)28(16-8-18-30,26-14-6-5-13-25(26)27)20-22-10-2-4-12-24(22)27/h1-6,9-14,29-30H,7-8,15-20H2. The molecule has 0 heterocycles. The third kappa shape index (κ3) is 2.78. The van der Waals surface area contributed by atoms with Crippen molar-refractivity contribution in [3.63, 3.8) is 0 Å². The Kier molecular flexibility index (Phi) is 5.00. The van der Waals surface area contributed by atoms with Crippen molar-refractivity contribution in [2.24, 2.45) is 0 Å². The average Bonchev–Trinajstić information content (AvgIpc) is 2.95. The van der Waals surface area contributed by atoms with Crippen molar-refractivity contribution in [2.45, 2.75) is 49.4 Å². The maximum atomic E-state index is 9.79. The smallest absolute Gasteiger partial charge is 0.0431 e. The van der Waals surface area contributed by atoms with E-state index in [2.05, 4.69) is 72.8 Å². The Morgan fingerprint density at radius 1 is 0.533 bits per heavy atom. The van der Waals surface area contributed by atoms with Gasteiger partial charge < -0.3 is 10.2 Å². The van der Waals surface area contributed by atoms with Crippen LogP contribution in [0.4, 0.5) is 0 Å². The van der Waals surface area contributed by atoms with Crippen LogP contribution in [-0.4, -0.2) is 23.4 Å². The van der Waals surface area contributed by atoms with Crippen molar-refractivity contribution in [1.29, 1.82) is 0 Å². The number of rotatable bonds is 6. The van der Waals surface area contributed by atoms with Crippen molar-refractivity contribution in [2.75, 3.05) is 13.2 Å². The summed E-state index contributed by atoms with van der Waals surface area (Å²) in [6, 6.07) is 26.9. The first-order chi connectivity index (χ1) is 14.7. The lowest BCUT2D eigenvalue weighted by atomic mass is 9.65. The Hall–Kier alpha value is -2.42. The molecule has 0 amide bonds. The summed E-state index contributed by atoms with van der Waals surface area (Å²) < 4.78 is 0. The van der Waals surface area contributed by atoms with Crippen molar-refractivity contribution in [3.8, 4) is 0 Å². The molecule has 0 saturated carbocycles. The van der Waals surface area contributed by atoms with Gasteiger partial charge >= 0.3 is 0 Å². The number of aliphatic hydroxyl groups excluding tert-OH is 2. The summed E-state index contributed by atoms with van der Waals surface area (Å²) in [5.74, 6) is 0. The van der Waals surface area contributed by atoms with Gasteiger partial charge in [-0.15, -0.1) is 0 Å². The molecule has 3 aromatic rings. The molecule has 0 aliphatic heterocycles. The predicted octanol–water partition coefficient (Wildman–Crippen LogP) is 4.92. The van der Waals surface area contributed by atoms with Crippen LogP contribution in [0.1, 0.15) is 59.1 Å². The molecule has 0 spiro atoms. The number of hydrogen-bond donors (Lipinski definition) is 2. The van der Waals surface area contributed by atoms with Gasteiger partial charge in [-0.2, -0.15) is 0 Å². The third-order valence-corrected chi connectivity index (χ3v) is 7.53. The van der Waals surface area contributed by atoms with Crippen LogP contribution in [-0.2, 0) is 23.7 Å². The van der Waals surface area contributed by atoms with Crippen molar-refractivity contribution >= 4 is 0 Å². The van der Waals surface area contributed by atoms with E-state index in [0.29, 0.717) is 0 Å². The minimum Gasteiger partial charge on any atom is -0.396 e. The highest BCUT2D eigenvalue weighted by molar-refractivity contribution is 5.61. The van der Waals surface area contributed by atoms with E-state index in [1.54, 1.807) is 0 Å². The average molecular weight is 399 g/mol. The molecule has 2 N–H and O–H groups in total. The minimum absolute atomic E-state index is 0.135. The fraction of sp³-hybridized carbons (Fsp3) is 0.357. The maximum absolute atomic E-state index is 9.79. The van der Waals surface area contributed by atoms with E-state index >= 15 is 0 Å². The molecule has 2 bridgehead atoms. The van der Waals surface area contributed by atoms with Gasteiger partial charge in [-0.05, 0) is 71.9 Å². The third-order valence-electron chi connectivity index (χ3n) is 7.53. The number of hydrogen-bond acceptors (Lipinski definition) is 2. The summed E-state index contributed by atoms with van der Waals surface area (Å²) in [4.78, 5) is 0. The van der Waals surface area contributed by atoms with Gasteiger partial charge in [0, 0.05) is 24.0 Å². The summed E-state index contributed by atoms with van der Waals surface area (Å²) in [5.41, 5.74) is 8.23. The van der Waals surface area contributed by atoms with Crippen LogP contribution < -0.4 is 0 Å². The van der Waals surface area contributed by atoms with Gasteiger partial charge in [0.15, 0.2) is 0 Å². The quantitative estimate of drug-likeness (QED) is 0.619. The molecule has 2 heteroatoms. The second-order valence-electron chi connectivity index (χ2n) is 9.03. The molecule has 2 aliphatic rings. The Bertz CT molecular complexity index is 971. The highest BCUT2D eigenvalue weighted by atomic mass is 16.3. The van der Waals surface area contributed by atoms with E-state index in [9.17, 15) is 10.2 Å². The molecule has 0 saturated heterocycles. The molecule has 2 nitrogen and oxygen atoms in total. The number of benzene rings is 3. The first-order valence-corrected chi connectivity index (χ1v) is 11.2. The van der Waals surface area contributed by atoms with Crippen LogP contribution in [0.2, 0.25) is 0 Å². The summed E-state index contributed by atoms with van der Waals surface area (Å²) in [5, 5.41) is 19.6. The lowest BCUT2D eigenvalue weighted by Gasteiger charge is -2.38. The van der Waals surface area contributed by atoms with Crippen molar-refractivity contribution < 1.29 is 10.2 Å². The lowest BCUT2D eigenvalue weighted by Crippen LogP contribution is -2.33. The molecular formula is C28H30O2. The fourth-order valence-electron chi connectivity index (χ4n) is 6.40. The molecule has 2 atom stereocenters. The van der Waals surface area contributed by atoms with Gasteiger partial charge in [0.1, 0.15) is 0 Å². The molecule has 0 fully saturated rings. The molecule has 2 unspecified atom stereocenters. The van der Waals surface area contributed by atoms with Crippen LogP contribution in [0, 0.1) is 0 Å². The Labute approximate surface area is 179 Å². The van der Waals surface area contributed by atoms with E-state index in [-0.39, 0.29) is 24.0 Å². The van der Waals surface area contributed by atoms with Crippen LogP contribution in [0.3, 0.4) is 0 Å². The number of aliphatic hydroxyl groups is 2. The Morgan fingerprint density at radius 2 is 0.900 bits per heavy atom. The van der Waals surface area contributed by atoms with Gasteiger partial charge in [-0.25, -0.2) is 0 Å². The molecule has 2 aliphatic carbocycles. The Balaban J connectivity index is 1.90.